The van der Waals surface area contributed by atoms with Crippen molar-refractivity contribution in [3.05, 3.63) is 0 Å². The molecule has 0 aromatic rings. The van der Waals surface area contributed by atoms with Crippen LogP contribution in [0.15, 0.2) is 0 Å². The lowest BCUT2D eigenvalue weighted by Crippen LogP contribution is -2.25. The summed E-state index contributed by atoms with van der Waals surface area (Å²) < 4.78 is 0. The molecule has 68 valence electrons. The Hall–Kier alpha value is 0.0649. The predicted molar refractivity (Wildman–Crippen MR) is 56.1 cm³/mol. The Bertz CT molecular complexity index is 189. The summed E-state index contributed by atoms with van der Waals surface area (Å²) in [6, 6.07) is 0. The van der Waals surface area contributed by atoms with E-state index >= 15 is 0 Å². The molecule has 2 rings (SSSR count). The summed E-state index contributed by atoms with van der Waals surface area (Å²) in [6.45, 7) is 7.17. The molecule has 0 nitrogen and oxygen atoms in total. The molecule has 0 spiro atoms. The van der Waals surface area contributed by atoms with Gasteiger partial charge in [-0.15, -0.1) is 0 Å². The Kier molecular flexibility index (Phi) is 1.82. The Morgan fingerprint density at radius 1 is 1.58 bits per heavy atom. The normalized spacial score (nSPS) is 52.4. The zero-order valence-corrected chi connectivity index (χ0v) is 8.93. The SMILES string of the molecule is BC1C2C(C)CC12CC(C)CC. The molecule has 0 radical (unpaired) electrons. The molecule has 0 amide bonds. The molecule has 0 aliphatic heterocycles. The molecule has 5 unspecified atom stereocenters. The van der Waals surface area contributed by atoms with Crippen molar-refractivity contribution in [3.63, 3.8) is 0 Å². The van der Waals surface area contributed by atoms with E-state index in [-0.39, 0.29) is 0 Å². The van der Waals surface area contributed by atoms with E-state index in [0.29, 0.717) is 0 Å². The zero-order valence-electron chi connectivity index (χ0n) is 8.93. The van der Waals surface area contributed by atoms with Crippen molar-refractivity contribution in [3.8, 4) is 0 Å². The molecule has 1 heteroatoms. The van der Waals surface area contributed by atoms with Gasteiger partial charge in [0.1, 0.15) is 7.85 Å². The Balaban J connectivity index is 1.91. The summed E-state index contributed by atoms with van der Waals surface area (Å²) in [7, 11) is 2.47. The van der Waals surface area contributed by atoms with Crippen molar-refractivity contribution in [1.82, 2.24) is 0 Å². The minimum absolute atomic E-state index is 0.842. The fourth-order valence-electron chi connectivity index (χ4n) is 3.88. The molecular formula is C11H21B. The molecule has 2 saturated carbocycles. The quantitative estimate of drug-likeness (QED) is 0.562. The number of hydrogen-bond acceptors (Lipinski definition) is 0. The lowest BCUT2D eigenvalue weighted by molar-refractivity contribution is 0.159. The van der Waals surface area contributed by atoms with Crippen molar-refractivity contribution in [2.24, 2.45) is 23.2 Å². The highest BCUT2D eigenvalue weighted by atomic mass is 14.7. The van der Waals surface area contributed by atoms with E-state index in [1.54, 1.807) is 0 Å². The van der Waals surface area contributed by atoms with Gasteiger partial charge in [-0.25, -0.2) is 0 Å². The number of fused-ring (bicyclic) bond motifs is 1. The van der Waals surface area contributed by atoms with E-state index in [1.807, 2.05) is 0 Å². The fraction of sp³-hybridized carbons (Fsp3) is 1.00. The Morgan fingerprint density at radius 3 is 2.58 bits per heavy atom. The molecule has 12 heavy (non-hydrogen) atoms. The van der Waals surface area contributed by atoms with E-state index < -0.39 is 0 Å². The van der Waals surface area contributed by atoms with Gasteiger partial charge in [-0.2, -0.15) is 0 Å². The van der Waals surface area contributed by atoms with Crippen molar-refractivity contribution in [1.29, 1.82) is 0 Å². The Morgan fingerprint density at radius 2 is 2.25 bits per heavy atom. The van der Waals surface area contributed by atoms with Gasteiger partial charge in [-0.3, -0.25) is 0 Å². The molecule has 0 N–H and O–H groups in total. The van der Waals surface area contributed by atoms with Gasteiger partial charge < -0.3 is 0 Å². The third-order valence-electron chi connectivity index (χ3n) is 4.74. The van der Waals surface area contributed by atoms with E-state index in [4.69, 9.17) is 0 Å². The van der Waals surface area contributed by atoms with Crippen LogP contribution in [0.1, 0.15) is 40.0 Å². The maximum Gasteiger partial charge on any atom is 0.106 e. The number of rotatable bonds is 3. The molecule has 2 aliphatic rings. The molecule has 0 aromatic heterocycles. The van der Waals surface area contributed by atoms with Crippen molar-refractivity contribution < 1.29 is 0 Å². The van der Waals surface area contributed by atoms with Gasteiger partial charge >= 0.3 is 0 Å². The van der Waals surface area contributed by atoms with E-state index in [1.165, 1.54) is 19.3 Å². The standard InChI is InChI=1S/C11H21B/c1-4-7(2)5-11-6-8(3)9(11)10(11)12/h7-10H,4-6,12H2,1-3H3. The van der Waals surface area contributed by atoms with Crippen molar-refractivity contribution in [2.45, 2.75) is 45.9 Å². The first-order valence-corrected chi connectivity index (χ1v) is 5.62. The van der Waals surface area contributed by atoms with Crippen LogP contribution in [-0.4, -0.2) is 7.85 Å². The highest BCUT2D eigenvalue weighted by Gasteiger charge is 2.70. The monoisotopic (exact) mass is 164 g/mol. The van der Waals surface area contributed by atoms with Crippen LogP contribution in [0.25, 0.3) is 0 Å². The molecule has 2 fully saturated rings. The fourth-order valence-corrected chi connectivity index (χ4v) is 3.88. The predicted octanol–water partition coefficient (Wildman–Crippen LogP) is 2.50. The lowest BCUT2D eigenvalue weighted by Gasteiger charge is -2.34. The van der Waals surface area contributed by atoms with Gasteiger partial charge in [0.25, 0.3) is 0 Å². The average molecular weight is 164 g/mol. The number of hydrogen-bond donors (Lipinski definition) is 0. The second kappa shape index (κ2) is 2.53. The average Bonchev–Trinajstić information content (AvgIpc) is 2.47. The van der Waals surface area contributed by atoms with Gasteiger partial charge in [-0.05, 0) is 36.0 Å². The van der Waals surface area contributed by atoms with Gasteiger partial charge in [-0.1, -0.05) is 33.0 Å². The zero-order chi connectivity index (χ0) is 8.93. The summed E-state index contributed by atoms with van der Waals surface area (Å²) in [5, 5.41) is 0. The second-order valence-electron chi connectivity index (χ2n) is 5.45. The topological polar surface area (TPSA) is 0 Å². The van der Waals surface area contributed by atoms with Crippen LogP contribution in [0, 0.1) is 23.2 Å². The van der Waals surface area contributed by atoms with Crippen LogP contribution < -0.4 is 0 Å². The van der Waals surface area contributed by atoms with Gasteiger partial charge in [0.05, 0.1) is 0 Å². The lowest BCUT2D eigenvalue weighted by atomic mass is 9.71. The van der Waals surface area contributed by atoms with Gasteiger partial charge in [0.2, 0.25) is 0 Å². The summed E-state index contributed by atoms with van der Waals surface area (Å²) in [6.07, 6.45) is 4.42. The maximum absolute atomic E-state index is 2.47. The molecule has 0 saturated heterocycles. The minimum Gasteiger partial charge on any atom is -0.0651 e. The maximum atomic E-state index is 2.47. The summed E-state index contributed by atoms with van der Waals surface area (Å²) in [5.41, 5.74) is 0.842. The van der Waals surface area contributed by atoms with Crippen molar-refractivity contribution >= 4 is 7.85 Å². The van der Waals surface area contributed by atoms with E-state index in [0.717, 1.165) is 29.0 Å². The molecule has 0 bridgehead atoms. The van der Waals surface area contributed by atoms with Crippen LogP contribution in [-0.2, 0) is 0 Å². The van der Waals surface area contributed by atoms with Crippen LogP contribution in [0.3, 0.4) is 0 Å². The Labute approximate surface area is 77.5 Å². The minimum atomic E-state index is 0.842. The first kappa shape index (κ1) is 8.65. The van der Waals surface area contributed by atoms with Crippen LogP contribution in [0.4, 0.5) is 0 Å². The molecule has 0 heterocycles. The first-order valence-electron chi connectivity index (χ1n) is 5.62. The summed E-state index contributed by atoms with van der Waals surface area (Å²) >= 11 is 0. The third kappa shape index (κ3) is 0.915. The highest BCUT2D eigenvalue weighted by Crippen LogP contribution is 2.79. The first-order chi connectivity index (χ1) is 5.62. The molecule has 0 aromatic carbocycles. The summed E-state index contributed by atoms with van der Waals surface area (Å²) in [4.78, 5) is 0. The van der Waals surface area contributed by atoms with Crippen LogP contribution in [0.5, 0.6) is 0 Å². The smallest absolute Gasteiger partial charge is 0.0651 e. The highest BCUT2D eigenvalue weighted by molar-refractivity contribution is 6.15. The van der Waals surface area contributed by atoms with Gasteiger partial charge in [0.15, 0.2) is 0 Å². The largest absolute Gasteiger partial charge is 0.106 e. The molecule has 2 aliphatic carbocycles. The molecular weight excluding hydrogens is 143 g/mol. The van der Waals surface area contributed by atoms with Crippen LogP contribution >= 0.6 is 0 Å². The van der Waals surface area contributed by atoms with Crippen LogP contribution in [0.2, 0.25) is 5.82 Å². The second-order valence-corrected chi connectivity index (χ2v) is 5.45. The third-order valence-corrected chi connectivity index (χ3v) is 4.74. The van der Waals surface area contributed by atoms with E-state index in [9.17, 15) is 0 Å². The van der Waals surface area contributed by atoms with Gasteiger partial charge in [0, 0.05) is 0 Å². The molecule has 5 atom stereocenters. The van der Waals surface area contributed by atoms with Crippen molar-refractivity contribution in [2.75, 3.05) is 0 Å². The van der Waals surface area contributed by atoms with E-state index in [2.05, 4.69) is 28.6 Å². The summed E-state index contributed by atoms with van der Waals surface area (Å²) in [5.74, 6) is 4.18.